The van der Waals surface area contributed by atoms with Crippen LogP contribution >= 0.6 is 0 Å². The smallest absolute Gasteiger partial charge is 0.165 e. The van der Waals surface area contributed by atoms with Crippen LogP contribution in [-0.2, 0) is 0 Å². The van der Waals surface area contributed by atoms with Gasteiger partial charge in [0.15, 0.2) is 11.6 Å². The minimum Gasteiger partial charge on any atom is -0.481 e. The monoisotopic (exact) mass is 273 g/mol. The summed E-state index contributed by atoms with van der Waals surface area (Å²) in [5, 5.41) is 0. The van der Waals surface area contributed by atoms with E-state index in [-0.39, 0.29) is 17.7 Å². The summed E-state index contributed by atoms with van der Waals surface area (Å²) in [6.45, 7) is 4.59. The van der Waals surface area contributed by atoms with Crippen LogP contribution < -0.4 is 10.5 Å². The van der Waals surface area contributed by atoms with Crippen molar-refractivity contribution in [3.8, 4) is 5.75 Å². The molecule has 0 amide bonds. The second kappa shape index (κ2) is 6.53. The summed E-state index contributed by atoms with van der Waals surface area (Å²) in [5.41, 5.74) is 7.97. The van der Waals surface area contributed by atoms with E-state index in [0.717, 1.165) is 5.56 Å². The summed E-state index contributed by atoms with van der Waals surface area (Å²) in [5.74, 6) is 0.341. The van der Waals surface area contributed by atoms with Gasteiger partial charge in [0.25, 0.3) is 0 Å². The quantitative estimate of drug-likeness (QED) is 0.892. The van der Waals surface area contributed by atoms with E-state index >= 15 is 0 Å². The minimum absolute atomic E-state index is 0.232. The molecular weight excluding hydrogens is 253 g/mol. The van der Waals surface area contributed by atoms with Crippen LogP contribution in [0.3, 0.4) is 0 Å². The highest BCUT2D eigenvalue weighted by Gasteiger charge is 2.14. The molecule has 0 bridgehead atoms. The lowest BCUT2D eigenvalue weighted by molar-refractivity contribution is 0.204. The second-order valence-electron chi connectivity index (χ2n) is 5.09. The van der Waals surface area contributed by atoms with Gasteiger partial charge in [0.05, 0.1) is 0 Å². The Morgan fingerprint density at radius 3 is 2.15 bits per heavy atom. The third kappa shape index (κ3) is 3.36. The van der Waals surface area contributed by atoms with Crippen molar-refractivity contribution < 1.29 is 9.13 Å². The summed E-state index contributed by atoms with van der Waals surface area (Å²) in [4.78, 5) is 0. The molecule has 2 N–H and O–H groups in total. The first-order valence-electron chi connectivity index (χ1n) is 6.83. The van der Waals surface area contributed by atoms with Gasteiger partial charge in [0.2, 0.25) is 0 Å². The summed E-state index contributed by atoms with van der Waals surface area (Å²) >= 11 is 0. The molecule has 0 fully saturated rings. The van der Waals surface area contributed by atoms with Gasteiger partial charge >= 0.3 is 0 Å². The Bertz CT molecular complexity index is 551. The fraction of sp³-hybridized carbons (Fsp3) is 0.294. The Hall–Kier alpha value is -1.87. The van der Waals surface area contributed by atoms with Crippen molar-refractivity contribution >= 4 is 0 Å². The summed E-state index contributed by atoms with van der Waals surface area (Å²) < 4.78 is 19.3. The number of rotatable bonds is 5. The van der Waals surface area contributed by atoms with Crippen LogP contribution in [0.25, 0.3) is 0 Å². The third-order valence-corrected chi connectivity index (χ3v) is 3.29. The van der Waals surface area contributed by atoms with Crippen molar-refractivity contribution in [3.63, 3.8) is 0 Å². The molecule has 0 spiro atoms. The predicted molar refractivity (Wildman–Crippen MR) is 79.4 cm³/mol. The highest BCUT2D eigenvalue weighted by Crippen LogP contribution is 2.25. The molecule has 0 aliphatic heterocycles. The van der Waals surface area contributed by atoms with E-state index in [2.05, 4.69) is 26.0 Å². The Balaban J connectivity index is 2.18. The van der Waals surface area contributed by atoms with Gasteiger partial charge in [-0.05, 0) is 29.2 Å². The topological polar surface area (TPSA) is 35.2 Å². The number of ether oxygens (including phenoxy) is 1. The Morgan fingerprint density at radius 2 is 1.60 bits per heavy atom. The molecule has 0 aliphatic rings. The van der Waals surface area contributed by atoms with Crippen molar-refractivity contribution in [2.45, 2.75) is 25.9 Å². The molecule has 2 aromatic rings. The van der Waals surface area contributed by atoms with E-state index in [1.165, 1.54) is 11.6 Å². The van der Waals surface area contributed by atoms with E-state index < -0.39 is 0 Å². The largest absolute Gasteiger partial charge is 0.481 e. The molecule has 1 atom stereocenters. The van der Waals surface area contributed by atoms with E-state index in [9.17, 15) is 4.39 Å². The van der Waals surface area contributed by atoms with Crippen molar-refractivity contribution in [1.29, 1.82) is 0 Å². The van der Waals surface area contributed by atoms with Gasteiger partial charge in [-0.2, -0.15) is 0 Å². The summed E-state index contributed by atoms with van der Waals surface area (Å²) in [7, 11) is 0. The normalized spacial score (nSPS) is 12.4. The zero-order valence-corrected chi connectivity index (χ0v) is 11.8. The highest BCUT2D eigenvalue weighted by atomic mass is 19.1. The fourth-order valence-corrected chi connectivity index (χ4v) is 2.04. The SMILES string of the molecule is CC(C)c1ccc(C(CN)Oc2ccccc2F)cc1. The fourth-order valence-electron chi connectivity index (χ4n) is 2.04. The van der Waals surface area contributed by atoms with Crippen molar-refractivity contribution in [2.75, 3.05) is 6.54 Å². The molecule has 0 radical (unpaired) electrons. The predicted octanol–water partition coefficient (Wildman–Crippen LogP) is 4.03. The molecule has 2 nitrogen and oxygen atoms in total. The third-order valence-electron chi connectivity index (χ3n) is 3.29. The zero-order valence-electron chi connectivity index (χ0n) is 11.8. The maximum Gasteiger partial charge on any atom is 0.165 e. The lowest BCUT2D eigenvalue weighted by atomic mass is 10.00. The number of nitrogens with two attached hydrogens (primary N) is 1. The number of hydrogen-bond donors (Lipinski definition) is 1. The van der Waals surface area contributed by atoms with Crippen molar-refractivity contribution in [3.05, 3.63) is 65.5 Å². The Morgan fingerprint density at radius 1 is 1.00 bits per heavy atom. The first kappa shape index (κ1) is 14.5. The first-order chi connectivity index (χ1) is 9.61. The van der Waals surface area contributed by atoms with Gasteiger partial charge in [-0.15, -0.1) is 0 Å². The van der Waals surface area contributed by atoms with Crippen LogP contribution in [0.5, 0.6) is 5.75 Å². The average Bonchev–Trinajstić information content (AvgIpc) is 2.46. The molecular formula is C17H20FNO. The molecule has 1 unspecified atom stereocenters. The number of para-hydroxylation sites is 1. The van der Waals surface area contributed by atoms with Crippen LogP contribution in [0, 0.1) is 5.82 Å². The van der Waals surface area contributed by atoms with E-state index in [4.69, 9.17) is 10.5 Å². The minimum atomic E-state index is -0.371. The van der Waals surface area contributed by atoms with E-state index in [1.807, 2.05) is 12.1 Å². The number of halogens is 1. The van der Waals surface area contributed by atoms with Gasteiger partial charge in [-0.3, -0.25) is 0 Å². The zero-order chi connectivity index (χ0) is 14.5. The lowest BCUT2D eigenvalue weighted by Crippen LogP contribution is -2.19. The molecule has 106 valence electrons. The second-order valence-corrected chi connectivity index (χ2v) is 5.09. The van der Waals surface area contributed by atoms with Crippen LogP contribution in [0.15, 0.2) is 48.5 Å². The Labute approximate surface area is 119 Å². The first-order valence-corrected chi connectivity index (χ1v) is 6.83. The van der Waals surface area contributed by atoms with Crippen LogP contribution in [-0.4, -0.2) is 6.54 Å². The standard InChI is InChI=1S/C17H20FNO/c1-12(2)13-7-9-14(10-8-13)17(11-19)20-16-6-4-3-5-15(16)18/h3-10,12,17H,11,19H2,1-2H3. The van der Waals surface area contributed by atoms with Gasteiger partial charge in [-0.1, -0.05) is 50.2 Å². The van der Waals surface area contributed by atoms with Crippen molar-refractivity contribution in [2.24, 2.45) is 5.73 Å². The molecule has 0 heterocycles. The van der Waals surface area contributed by atoms with Gasteiger partial charge in [0, 0.05) is 6.54 Å². The van der Waals surface area contributed by atoms with Gasteiger partial charge in [0.1, 0.15) is 6.10 Å². The van der Waals surface area contributed by atoms with Crippen LogP contribution in [0.1, 0.15) is 37.0 Å². The summed E-state index contributed by atoms with van der Waals surface area (Å²) in [6, 6.07) is 14.5. The molecule has 2 rings (SSSR count). The Kier molecular flexibility index (Phi) is 4.74. The van der Waals surface area contributed by atoms with E-state index in [0.29, 0.717) is 12.5 Å². The van der Waals surface area contributed by atoms with Gasteiger partial charge in [-0.25, -0.2) is 4.39 Å². The lowest BCUT2D eigenvalue weighted by Gasteiger charge is -2.19. The number of benzene rings is 2. The van der Waals surface area contributed by atoms with Crippen molar-refractivity contribution in [1.82, 2.24) is 0 Å². The molecule has 3 heteroatoms. The highest BCUT2D eigenvalue weighted by molar-refractivity contribution is 5.29. The maximum absolute atomic E-state index is 13.6. The maximum atomic E-state index is 13.6. The molecule has 20 heavy (non-hydrogen) atoms. The number of hydrogen-bond acceptors (Lipinski definition) is 2. The van der Waals surface area contributed by atoms with Crippen LogP contribution in [0.2, 0.25) is 0 Å². The summed E-state index contributed by atoms with van der Waals surface area (Å²) in [6.07, 6.45) is -0.340. The average molecular weight is 273 g/mol. The molecule has 0 aromatic heterocycles. The van der Waals surface area contributed by atoms with Crippen LogP contribution in [0.4, 0.5) is 4.39 Å². The molecule has 0 saturated carbocycles. The molecule has 2 aromatic carbocycles. The van der Waals surface area contributed by atoms with E-state index in [1.54, 1.807) is 18.2 Å². The molecule has 0 aliphatic carbocycles. The molecule has 0 saturated heterocycles. The van der Waals surface area contributed by atoms with Gasteiger partial charge < -0.3 is 10.5 Å².